The molecule has 0 aromatic carbocycles. The lowest BCUT2D eigenvalue weighted by Crippen LogP contribution is -2.20. The van der Waals surface area contributed by atoms with Gasteiger partial charge in [0.1, 0.15) is 9.52 Å². The number of rotatable bonds is 6. The summed E-state index contributed by atoms with van der Waals surface area (Å²) in [6.07, 6.45) is 0.348. The Morgan fingerprint density at radius 1 is 1.15 bits per heavy atom. The standard InChI is InChI=1S/C6H13F5Si2/c1-6(7,8)12-4-2-3-5-13(9,10)11/h2-5,12H2,1H3. The Morgan fingerprint density at radius 3 is 2.08 bits per heavy atom. The fraction of sp³-hybridized carbons (Fsp3) is 1.00. The maximum atomic E-state index is 12.2. The predicted octanol–water partition coefficient (Wildman–Crippen LogP) is 2.81. The van der Waals surface area contributed by atoms with Crippen molar-refractivity contribution in [3.8, 4) is 0 Å². The van der Waals surface area contributed by atoms with Gasteiger partial charge in [-0.2, -0.15) is 0 Å². The van der Waals surface area contributed by atoms with Gasteiger partial charge in [0.25, 0.3) is 0 Å². The molecule has 0 nitrogen and oxygen atoms in total. The zero-order valence-corrected chi connectivity index (χ0v) is 9.84. The SMILES string of the molecule is CC(F)(F)[SiH2]CCCC[Si](F)(F)F. The third kappa shape index (κ3) is 12.1. The van der Waals surface area contributed by atoms with Crippen LogP contribution >= 0.6 is 0 Å². The Morgan fingerprint density at radius 2 is 1.69 bits per heavy atom. The van der Waals surface area contributed by atoms with Crippen molar-refractivity contribution in [2.75, 3.05) is 0 Å². The molecule has 0 rings (SSSR count). The fourth-order valence-corrected chi connectivity index (χ4v) is 2.81. The van der Waals surface area contributed by atoms with Gasteiger partial charge >= 0.3 is 9.08 Å². The number of hydrogen-bond acceptors (Lipinski definition) is 0. The highest BCUT2D eigenvalue weighted by Crippen LogP contribution is 2.20. The molecule has 0 heterocycles. The highest BCUT2D eigenvalue weighted by Gasteiger charge is 2.35. The summed E-state index contributed by atoms with van der Waals surface area (Å²) in [6, 6.07) is -0.398. The predicted molar refractivity (Wildman–Crippen MR) is 47.1 cm³/mol. The van der Waals surface area contributed by atoms with Gasteiger partial charge < -0.3 is 0 Å². The molecule has 0 fully saturated rings. The van der Waals surface area contributed by atoms with Crippen molar-refractivity contribution in [3.05, 3.63) is 0 Å². The van der Waals surface area contributed by atoms with E-state index in [0.717, 1.165) is 6.92 Å². The van der Waals surface area contributed by atoms with E-state index in [1.54, 1.807) is 0 Å². The molecule has 0 aliphatic heterocycles. The summed E-state index contributed by atoms with van der Waals surface area (Å²) in [5.41, 5.74) is -2.60. The number of halogens is 5. The Hall–Kier alpha value is 0.0838. The minimum Gasteiger partial charge on any atom is -0.238 e. The van der Waals surface area contributed by atoms with Gasteiger partial charge in [-0.3, -0.25) is 0 Å². The van der Waals surface area contributed by atoms with E-state index in [9.17, 15) is 21.1 Å². The van der Waals surface area contributed by atoms with Crippen LogP contribution in [0.3, 0.4) is 0 Å². The largest absolute Gasteiger partial charge is 0.616 e. The highest BCUT2D eigenvalue weighted by molar-refractivity contribution is 6.58. The summed E-state index contributed by atoms with van der Waals surface area (Å²) in [6.45, 7) is 0.845. The van der Waals surface area contributed by atoms with Crippen molar-refractivity contribution < 1.29 is 21.1 Å². The van der Waals surface area contributed by atoms with E-state index in [2.05, 4.69) is 0 Å². The van der Waals surface area contributed by atoms with Crippen LogP contribution in [0.25, 0.3) is 0 Å². The fourth-order valence-electron chi connectivity index (χ4n) is 0.938. The van der Waals surface area contributed by atoms with Crippen molar-refractivity contribution in [3.63, 3.8) is 0 Å². The molecule has 0 spiro atoms. The summed E-state index contributed by atoms with van der Waals surface area (Å²) < 4.78 is 59.6. The Balaban J connectivity index is 3.28. The van der Waals surface area contributed by atoms with E-state index in [0.29, 0.717) is 12.5 Å². The molecule has 80 valence electrons. The Kier molecular flexibility index (Phi) is 5.12. The molecule has 0 aromatic heterocycles. The summed E-state index contributed by atoms with van der Waals surface area (Å²) in [7, 11) is -6.92. The first kappa shape index (κ1) is 13.1. The second-order valence-electron chi connectivity index (χ2n) is 3.25. The van der Waals surface area contributed by atoms with Gasteiger partial charge in [-0.15, -0.1) is 0 Å². The Bertz CT molecular complexity index is 123. The third-order valence-corrected chi connectivity index (χ3v) is 4.23. The molecule has 0 aliphatic carbocycles. The molecule has 0 aliphatic rings. The summed E-state index contributed by atoms with van der Waals surface area (Å²) in [4.78, 5) is 0. The van der Waals surface area contributed by atoms with Crippen molar-refractivity contribution in [1.29, 1.82) is 0 Å². The van der Waals surface area contributed by atoms with Gasteiger partial charge in [-0.25, -0.2) is 21.1 Å². The van der Waals surface area contributed by atoms with Crippen molar-refractivity contribution in [2.24, 2.45) is 0 Å². The smallest absolute Gasteiger partial charge is 0.238 e. The van der Waals surface area contributed by atoms with Gasteiger partial charge in [0, 0.05) is 6.04 Å². The second kappa shape index (κ2) is 5.09. The molecule has 13 heavy (non-hydrogen) atoms. The number of alkyl halides is 2. The van der Waals surface area contributed by atoms with Crippen LogP contribution in [0.4, 0.5) is 21.1 Å². The lowest BCUT2D eigenvalue weighted by atomic mass is 10.4. The molecule has 0 aromatic rings. The lowest BCUT2D eigenvalue weighted by Gasteiger charge is -2.08. The highest BCUT2D eigenvalue weighted by atomic mass is 28.5. The molecule has 0 bridgehead atoms. The van der Waals surface area contributed by atoms with E-state index in [1.807, 2.05) is 0 Å². The zero-order chi connectivity index (χ0) is 10.5. The minimum absolute atomic E-state index is 0.0405. The second-order valence-corrected chi connectivity index (χ2v) is 7.43. The average molecular weight is 236 g/mol. The molecule has 0 N–H and O–H groups in total. The van der Waals surface area contributed by atoms with Crippen LogP contribution in [-0.4, -0.2) is 24.1 Å². The maximum Gasteiger partial charge on any atom is 0.616 e. The van der Waals surface area contributed by atoms with E-state index in [-0.39, 0.29) is 6.42 Å². The van der Waals surface area contributed by atoms with Crippen LogP contribution in [0, 0.1) is 0 Å². The van der Waals surface area contributed by atoms with E-state index in [1.165, 1.54) is 0 Å². The molecule has 0 saturated carbocycles. The summed E-state index contributed by atoms with van der Waals surface area (Å²) in [5.74, 6) is 0. The summed E-state index contributed by atoms with van der Waals surface area (Å²) in [5, 5.41) is 0. The van der Waals surface area contributed by atoms with Gasteiger partial charge in [-0.05, 0) is 13.3 Å². The normalized spacial score (nSPS) is 14.3. The molecule has 7 heteroatoms. The van der Waals surface area contributed by atoms with Crippen LogP contribution < -0.4 is 0 Å². The van der Waals surface area contributed by atoms with Gasteiger partial charge in [0.15, 0.2) is 0 Å². The molecule has 0 atom stereocenters. The van der Waals surface area contributed by atoms with Crippen molar-refractivity contribution in [1.82, 2.24) is 0 Å². The van der Waals surface area contributed by atoms with Crippen LogP contribution in [0.15, 0.2) is 0 Å². The average Bonchev–Trinajstić information content (AvgIpc) is 1.81. The van der Waals surface area contributed by atoms with Crippen LogP contribution in [-0.2, 0) is 0 Å². The molecule has 0 saturated heterocycles. The van der Waals surface area contributed by atoms with E-state index >= 15 is 0 Å². The first-order chi connectivity index (χ1) is 5.71. The first-order valence-electron chi connectivity index (χ1n) is 4.15. The van der Waals surface area contributed by atoms with Crippen molar-refractivity contribution in [2.45, 2.75) is 37.4 Å². The van der Waals surface area contributed by atoms with E-state index in [4.69, 9.17) is 0 Å². The van der Waals surface area contributed by atoms with Crippen molar-refractivity contribution >= 4 is 18.6 Å². The molecule has 0 radical (unpaired) electrons. The molecular weight excluding hydrogens is 223 g/mol. The van der Waals surface area contributed by atoms with Crippen LogP contribution in [0.1, 0.15) is 19.8 Å². The molecular formula is C6H13F5Si2. The Labute approximate surface area is 77.9 Å². The quantitative estimate of drug-likeness (QED) is 0.288. The third-order valence-electron chi connectivity index (χ3n) is 1.58. The van der Waals surface area contributed by atoms with Gasteiger partial charge in [-0.1, -0.05) is 12.5 Å². The maximum absolute atomic E-state index is 12.2. The first-order valence-corrected chi connectivity index (χ1v) is 7.70. The molecule has 0 amide bonds. The lowest BCUT2D eigenvalue weighted by molar-refractivity contribution is 0.113. The summed E-state index contributed by atoms with van der Waals surface area (Å²) >= 11 is 0. The molecule has 0 unspecified atom stereocenters. The zero-order valence-electron chi connectivity index (χ0n) is 7.43. The number of hydrogen-bond donors (Lipinski definition) is 0. The number of unbranched alkanes of at least 4 members (excludes halogenated alkanes) is 1. The minimum atomic E-state index is -5.43. The van der Waals surface area contributed by atoms with Gasteiger partial charge in [0.05, 0.1) is 0 Å². The van der Waals surface area contributed by atoms with Crippen LogP contribution in [0.2, 0.25) is 12.1 Å². The topological polar surface area (TPSA) is 0 Å². The van der Waals surface area contributed by atoms with E-state index < -0.39 is 30.2 Å². The van der Waals surface area contributed by atoms with Gasteiger partial charge in [0.2, 0.25) is 5.55 Å². The monoisotopic (exact) mass is 236 g/mol. The van der Waals surface area contributed by atoms with Crippen LogP contribution in [0.5, 0.6) is 0 Å².